The topological polar surface area (TPSA) is 74.7 Å². The van der Waals surface area contributed by atoms with E-state index in [1.54, 1.807) is 14.2 Å². The summed E-state index contributed by atoms with van der Waals surface area (Å²) in [6, 6.07) is 13.3. The van der Waals surface area contributed by atoms with Crippen molar-refractivity contribution in [2.24, 2.45) is 5.73 Å². The molecule has 3 aromatic rings. The Hall–Kier alpha value is -2.95. The maximum Gasteiger partial charge on any atom is 0.224 e. The standard InChI is InChI=1S/C20H21NO4/c1-4-15(20(21)22)12-5-7-16-14(9-12)11-18(25-16)13-6-8-17(23-2)19(10-13)24-3/h5-11,15H,4H2,1-3H3,(H2,21,22). The Bertz CT molecular complexity index is 913. The van der Waals surface area contributed by atoms with Crippen molar-refractivity contribution < 1.29 is 18.7 Å². The van der Waals surface area contributed by atoms with E-state index in [2.05, 4.69) is 0 Å². The Morgan fingerprint density at radius 2 is 1.84 bits per heavy atom. The van der Waals surface area contributed by atoms with E-state index >= 15 is 0 Å². The van der Waals surface area contributed by atoms with E-state index in [9.17, 15) is 4.79 Å². The van der Waals surface area contributed by atoms with Gasteiger partial charge in [-0.25, -0.2) is 0 Å². The van der Waals surface area contributed by atoms with Crippen LogP contribution in [-0.4, -0.2) is 20.1 Å². The molecule has 0 radical (unpaired) electrons. The molecule has 1 heterocycles. The SMILES string of the molecule is CCC(C(N)=O)c1ccc2oc(-c3ccc(OC)c(OC)c3)cc2c1. The van der Waals surface area contributed by atoms with Crippen molar-refractivity contribution in [2.45, 2.75) is 19.3 Å². The van der Waals surface area contributed by atoms with Crippen molar-refractivity contribution in [1.29, 1.82) is 0 Å². The number of carbonyl (C=O) groups is 1. The minimum Gasteiger partial charge on any atom is -0.493 e. The van der Waals surface area contributed by atoms with Crippen molar-refractivity contribution in [1.82, 2.24) is 0 Å². The van der Waals surface area contributed by atoms with Gasteiger partial charge in [-0.2, -0.15) is 0 Å². The van der Waals surface area contributed by atoms with E-state index in [-0.39, 0.29) is 11.8 Å². The highest BCUT2D eigenvalue weighted by Crippen LogP contribution is 2.35. The fourth-order valence-electron chi connectivity index (χ4n) is 3.01. The summed E-state index contributed by atoms with van der Waals surface area (Å²) in [5.74, 6) is 1.42. The Labute approximate surface area is 146 Å². The first-order valence-corrected chi connectivity index (χ1v) is 8.12. The van der Waals surface area contributed by atoms with Gasteiger partial charge in [-0.1, -0.05) is 13.0 Å². The zero-order chi connectivity index (χ0) is 18.0. The Balaban J connectivity index is 2.03. The zero-order valence-corrected chi connectivity index (χ0v) is 14.5. The van der Waals surface area contributed by atoms with Crippen LogP contribution in [-0.2, 0) is 4.79 Å². The van der Waals surface area contributed by atoms with E-state index in [0.29, 0.717) is 17.9 Å². The number of benzene rings is 2. The van der Waals surface area contributed by atoms with Crippen LogP contribution in [0.15, 0.2) is 46.9 Å². The summed E-state index contributed by atoms with van der Waals surface area (Å²) in [6.07, 6.45) is 0.668. The number of hydrogen-bond donors (Lipinski definition) is 1. The molecule has 0 fully saturated rings. The fourth-order valence-corrected chi connectivity index (χ4v) is 3.01. The van der Waals surface area contributed by atoms with Gasteiger partial charge in [0, 0.05) is 10.9 Å². The van der Waals surface area contributed by atoms with Crippen LogP contribution in [0.25, 0.3) is 22.3 Å². The van der Waals surface area contributed by atoms with Crippen molar-refractivity contribution in [3.63, 3.8) is 0 Å². The molecule has 5 heteroatoms. The minimum absolute atomic E-state index is 0.288. The first-order valence-electron chi connectivity index (χ1n) is 8.12. The lowest BCUT2D eigenvalue weighted by atomic mass is 9.95. The van der Waals surface area contributed by atoms with E-state index in [4.69, 9.17) is 19.6 Å². The van der Waals surface area contributed by atoms with Crippen LogP contribution >= 0.6 is 0 Å². The van der Waals surface area contributed by atoms with Crippen molar-refractivity contribution in [3.8, 4) is 22.8 Å². The molecular weight excluding hydrogens is 318 g/mol. The molecule has 0 saturated carbocycles. The summed E-state index contributed by atoms with van der Waals surface area (Å²) < 4.78 is 16.6. The van der Waals surface area contributed by atoms with Crippen LogP contribution in [0.4, 0.5) is 0 Å². The second-order valence-electron chi connectivity index (χ2n) is 5.84. The third kappa shape index (κ3) is 3.18. The smallest absolute Gasteiger partial charge is 0.224 e. The van der Waals surface area contributed by atoms with Gasteiger partial charge in [0.15, 0.2) is 11.5 Å². The normalized spacial score (nSPS) is 12.1. The predicted molar refractivity (Wildman–Crippen MR) is 97.0 cm³/mol. The number of ether oxygens (including phenoxy) is 2. The first kappa shape index (κ1) is 16.9. The van der Waals surface area contributed by atoms with Gasteiger partial charge in [0.1, 0.15) is 11.3 Å². The summed E-state index contributed by atoms with van der Waals surface area (Å²) in [6.45, 7) is 1.95. The number of rotatable bonds is 6. The number of nitrogens with two attached hydrogens (primary N) is 1. The molecule has 3 rings (SSSR count). The summed E-state index contributed by atoms with van der Waals surface area (Å²) in [5.41, 5.74) is 8.04. The number of furan rings is 1. The van der Waals surface area contributed by atoms with Gasteiger partial charge in [0.2, 0.25) is 5.91 Å². The summed E-state index contributed by atoms with van der Waals surface area (Å²) >= 11 is 0. The molecule has 0 aliphatic heterocycles. The van der Waals surface area contributed by atoms with Crippen molar-refractivity contribution in [3.05, 3.63) is 48.0 Å². The third-order valence-corrected chi connectivity index (χ3v) is 4.36. The molecule has 1 atom stereocenters. The van der Waals surface area contributed by atoms with Gasteiger partial charge in [-0.3, -0.25) is 4.79 Å². The molecule has 5 nitrogen and oxygen atoms in total. The van der Waals surface area contributed by atoms with E-state index in [1.165, 1.54) is 0 Å². The molecule has 0 spiro atoms. The molecule has 2 aromatic carbocycles. The number of carbonyl (C=O) groups excluding carboxylic acids is 1. The summed E-state index contributed by atoms with van der Waals surface area (Å²) in [4.78, 5) is 11.6. The fraction of sp³-hybridized carbons (Fsp3) is 0.250. The molecule has 130 valence electrons. The minimum atomic E-state index is -0.314. The second kappa shape index (κ2) is 6.89. The van der Waals surface area contributed by atoms with E-state index in [0.717, 1.165) is 27.9 Å². The highest BCUT2D eigenvalue weighted by molar-refractivity contribution is 5.87. The van der Waals surface area contributed by atoms with Gasteiger partial charge >= 0.3 is 0 Å². The molecule has 1 unspecified atom stereocenters. The number of amides is 1. The van der Waals surface area contributed by atoms with Crippen LogP contribution in [0.2, 0.25) is 0 Å². The average molecular weight is 339 g/mol. The Morgan fingerprint density at radius 3 is 2.48 bits per heavy atom. The maximum atomic E-state index is 11.6. The van der Waals surface area contributed by atoms with Gasteiger partial charge in [0.05, 0.1) is 20.1 Å². The summed E-state index contributed by atoms with van der Waals surface area (Å²) in [5, 5.41) is 0.932. The molecule has 0 aliphatic carbocycles. The molecule has 25 heavy (non-hydrogen) atoms. The monoisotopic (exact) mass is 339 g/mol. The average Bonchev–Trinajstić information content (AvgIpc) is 3.04. The predicted octanol–water partition coefficient (Wildman–Crippen LogP) is 4.10. The number of primary amides is 1. The van der Waals surface area contributed by atoms with Crippen molar-refractivity contribution in [2.75, 3.05) is 14.2 Å². The maximum absolute atomic E-state index is 11.6. The number of fused-ring (bicyclic) bond motifs is 1. The van der Waals surface area contributed by atoms with E-state index < -0.39 is 0 Å². The molecule has 1 amide bonds. The Morgan fingerprint density at radius 1 is 1.08 bits per heavy atom. The van der Waals surface area contributed by atoms with Gasteiger partial charge in [-0.15, -0.1) is 0 Å². The highest BCUT2D eigenvalue weighted by Gasteiger charge is 2.17. The van der Waals surface area contributed by atoms with Gasteiger partial charge in [-0.05, 0) is 48.4 Å². The Kier molecular flexibility index (Phi) is 4.65. The molecule has 0 bridgehead atoms. The largest absolute Gasteiger partial charge is 0.493 e. The summed E-state index contributed by atoms with van der Waals surface area (Å²) in [7, 11) is 3.20. The lowest BCUT2D eigenvalue weighted by molar-refractivity contribution is -0.119. The van der Waals surface area contributed by atoms with Crippen molar-refractivity contribution >= 4 is 16.9 Å². The number of hydrogen-bond acceptors (Lipinski definition) is 4. The second-order valence-corrected chi connectivity index (χ2v) is 5.84. The van der Waals surface area contributed by atoms with Crippen LogP contribution in [0.5, 0.6) is 11.5 Å². The van der Waals surface area contributed by atoms with Crippen LogP contribution in [0.3, 0.4) is 0 Å². The molecular formula is C20H21NO4. The lowest BCUT2D eigenvalue weighted by Gasteiger charge is -2.10. The van der Waals surface area contributed by atoms with Crippen LogP contribution < -0.4 is 15.2 Å². The van der Waals surface area contributed by atoms with Crippen LogP contribution in [0.1, 0.15) is 24.8 Å². The molecule has 0 saturated heterocycles. The molecule has 0 aliphatic rings. The lowest BCUT2D eigenvalue weighted by Crippen LogP contribution is -2.20. The van der Waals surface area contributed by atoms with Gasteiger partial charge in [0.25, 0.3) is 0 Å². The van der Waals surface area contributed by atoms with Gasteiger partial charge < -0.3 is 19.6 Å². The molecule has 2 N–H and O–H groups in total. The highest BCUT2D eigenvalue weighted by atomic mass is 16.5. The quantitative estimate of drug-likeness (QED) is 0.734. The molecule has 1 aromatic heterocycles. The first-order chi connectivity index (χ1) is 12.1. The van der Waals surface area contributed by atoms with Crippen LogP contribution in [0, 0.1) is 0 Å². The number of methoxy groups -OCH3 is 2. The zero-order valence-electron chi connectivity index (χ0n) is 14.5. The van der Waals surface area contributed by atoms with E-state index in [1.807, 2.05) is 49.4 Å². The third-order valence-electron chi connectivity index (χ3n) is 4.36.